The summed E-state index contributed by atoms with van der Waals surface area (Å²) in [6, 6.07) is 5.31. The van der Waals surface area contributed by atoms with E-state index in [1.54, 1.807) is 23.1 Å². The summed E-state index contributed by atoms with van der Waals surface area (Å²) in [7, 11) is 0. The second kappa shape index (κ2) is 5.88. The van der Waals surface area contributed by atoms with Crippen LogP contribution in [-0.4, -0.2) is 43.6 Å². The van der Waals surface area contributed by atoms with Gasteiger partial charge in [-0.2, -0.15) is 0 Å². The van der Waals surface area contributed by atoms with E-state index in [9.17, 15) is 14.4 Å². The molecule has 0 saturated carbocycles. The van der Waals surface area contributed by atoms with Crippen LogP contribution in [0.15, 0.2) is 18.2 Å². The van der Waals surface area contributed by atoms with Gasteiger partial charge in [0.25, 0.3) is 5.91 Å². The minimum atomic E-state index is -0.946. The summed E-state index contributed by atoms with van der Waals surface area (Å²) in [4.78, 5) is 38.2. The second-order valence-electron chi connectivity index (χ2n) is 5.56. The predicted octanol–water partition coefficient (Wildman–Crippen LogP) is -0.265. The SMILES string of the molecule is NCCCN1C(=O)Cc2cc(N3C[C@H](C(N)=O)OC3=O)ccc21. The Balaban J connectivity index is 1.83. The highest BCUT2D eigenvalue weighted by Gasteiger charge is 2.36. The molecule has 2 aliphatic heterocycles. The number of carbonyl (C=O) groups excluding carboxylic acids is 3. The number of ether oxygens (including phenoxy) is 1. The molecule has 0 aliphatic carbocycles. The van der Waals surface area contributed by atoms with Crippen LogP contribution in [0.2, 0.25) is 0 Å². The molecule has 8 heteroatoms. The molecule has 0 unspecified atom stereocenters. The number of carbonyl (C=O) groups is 3. The Kier molecular flexibility index (Phi) is 3.91. The van der Waals surface area contributed by atoms with Gasteiger partial charge in [-0.1, -0.05) is 0 Å². The van der Waals surface area contributed by atoms with E-state index in [1.807, 2.05) is 0 Å². The van der Waals surface area contributed by atoms with Gasteiger partial charge in [0.1, 0.15) is 0 Å². The zero-order valence-corrected chi connectivity index (χ0v) is 12.5. The Labute approximate surface area is 133 Å². The van der Waals surface area contributed by atoms with Crippen LogP contribution in [0.1, 0.15) is 12.0 Å². The van der Waals surface area contributed by atoms with Gasteiger partial charge in [-0.05, 0) is 36.7 Å². The van der Waals surface area contributed by atoms with Crippen molar-refractivity contribution in [3.8, 4) is 0 Å². The van der Waals surface area contributed by atoms with Crippen molar-refractivity contribution < 1.29 is 19.1 Å². The van der Waals surface area contributed by atoms with Crippen LogP contribution in [0, 0.1) is 0 Å². The molecule has 1 aromatic carbocycles. The molecule has 1 aromatic rings. The largest absolute Gasteiger partial charge is 0.434 e. The molecule has 23 heavy (non-hydrogen) atoms. The number of rotatable bonds is 5. The molecule has 4 N–H and O–H groups in total. The number of hydrogen-bond donors (Lipinski definition) is 2. The molecule has 1 saturated heterocycles. The summed E-state index contributed by atoms with van der Waals surface area (Å²) in [5.41, 5.74) is 12.9. The first-order chi connectivity index (χ1) is 11.0. The van der Waals surface area contributed by atoms with Crippen LogP contribution in [-0.2, 0) is 20.7 Å². The van der Waals surface area contributed by atoms with E-state index in [-0.39, 0.29) is 18.9 Å². The smallest absolute Gasteiger partial charge is 0.415 e. The molecular weight excluding hydrogens is 300 g/mol. The van der Waals surface area contributed by atoms with E-state index in [0.717, 1.165) is 17.7 Å². The summed E-state index contributed by atoms with van der Waals surface area (Å²) in [6.07, 6.45) is -0.543. The molecule has 3 rings (SSSR count). The summed E-state index contributed by atoms with van der Waals surface area (Å²) in [5, 5.41) is 0. The Morgan fingerprint density at radius 2 is 2.13 bits per heavy atom. The standard InChI is InChI=1S/C15H18N4O4/c16-4-1-5-18-11-3-2-10(6-9(11)7-13(18)20)19-8-12(14(17)21)23-15(19)22/h2-3,6,12H,1,4-5,7-8,16H2,(H2,17,21)/t12-/m1/s1. The van der Waals surface area contributed by atoms with Crippen LogP contribution in [0.4, 0.5) is 16.2 Å². The van der Waals surface area contributed by atoms with Gasteiger partial charge in [-0.3, -0.25) is 14.5 Å². The highest BCUT2D eigenvalue weighted by atomic mass is 16.6. The van der Waals surface area contributed by atoms with Crippen molar-refractivity contribution in [2.75, 3.05) is 29.4 Å². The monoisotopic (exact) mass is 318 g/mol. The topological polar surface area (TPSA) is 119 Å². The molecule has 2 aliphatic rings. The minimum Gasteiger partial charge on any atom is -0.434 e. The molecule has 0 radical (unpaired) electrons. The number of anilines is 2. The Morgan fingerprint density at radius 3 is 2.78 bits per heavy atom. The normalized spacial score (nSPS) is 20.0. The first-order valence-electron chi connectivity index (χ1n) is 7.42. The average Bonchev–Trinajstić information content (AvgIpc) is 3.04. The van der Waals surface area contributed by atoms with Crippen LogP contribution >= 0.6 is 0 Å². The maximum absolute atomic E-state index is 12.1. The van der Waals surface area contributed by atoms with E-state index < -0.39 is 18.1 Å². The van der Waals surface area contributed by atoms with E-state index in [0.29, 0.717) is 18.8 Å². The van der Waals surface area contributed by atoms with Crippen molar-refractivity contribution in [1.29, 1.82) is 0 Å². The van der Waals surface area contributed by atoms with Crippen molar-refractivity contribution >= 4 is 29.3 Å². The van der Waals surface area contributed by atoms with E-state index in [2.05, 4.69) is 0 Å². The molecule has 2 heterocycles. The lowest BCUT2D eigenvalue weighted by Gasteiger charge is -2.18. The zero-order valence-electron chi connectivity index (χ0n) is 12.5. The average molecular weight is 318 g/mol. The van der Waals surface area contributed by atoms with Gasteiger partial charge in [0.2, 0.25) is 5.91 Å². The fourth-order valence-electron chi connectivity index (χ4n) is 2.85. The van der Waals surface area contributed by atoms with E-state index >= 15 is 0 Å². The zero-order chi connectivity index (χ0) is 16.6. The molecule has 3 amide bonds. The first-order valence-corrected chi connectivity index (χ1v) is 7.42. The van der Waals surface area contributed by atoms with Gasteiger partial charge in [-0.25, -0.2) is 4.79 Å². The van der Waals surface area contributed by atoms with Gasteiger partial charge >= 0.3 is 6.09 Å². The number of fused-ring (bicyclic) bond motifs is 1. The third kappa shape index (κ3) is 2.72. The third-order valence-corrected chi connectivity index (χ3v) is 4.02. The van der Waals surface area contributed by atoms with E-state index in [4.69, 9.17) is 16.2 Å². The van der Waals surface area contributed by atoms with Crippen molar-refractivity contribution in [3.05, 3.63) is 23.8 Å². The Bertz CT molecular complexity index is 675. The molecular formula is C15H18N4O4. The fourth-order valence-corrected chi connectivity index (χ4v) is 2.85. The predicted molar refractivity (Wildman–Crippen MR) is 83.0 cm³/mol. The maximum Gasteiger partial charge on any atom is 0.415 e. The number of cyclic esters (lactones) is 1. The lowest BCUT2D eigenvalue weighted by Crippen LogP contribution is -2.32. The summed E-state index contributed by atoms with van der Waals surface area (Å²) in [5.74, 6) is -0.658. The van der Waals surface area contributed by atoms with Gasteiger partial charge in [-0.15, -0.1) is 0 Å². The molecule has 122 valence electrons. The lowest BCUT2D eigenvalue weighted by atomic mass is 10.1. The van der Waals surface area contributed by atoms with Crippen LogP contribution in [0.25, 0.3) is 0 Å². The third-order valence-electron chi connectivity index (χ3n) is 4.02. The molecule has 0 aromatic heterocycles. The van der Waals surface area contributed by atoms with Crippen molar-refractivity contribution in [2.24, 2.45) is 11.5 Å². The lowest BCUT2D eigenvalue weighted by molar-refractivity contribution is -0.124. The summed E-state index contributed by atoms with van der Waals surface area (Å²) in [6.45, 7) is 1.18. The highest BCUT2D eigenvalue weighted by molar-refractivity contribution is 6.02. The van der Waals surface area contributed by atoms with Gasteiger partial charge in [0, 0.05) is 17.9 Å². The number of nitrogens with zero attached hydrogens (tertiary/aromatic N) is 2. The second-order valence-corrected chi connectivity index (χ2v) is 5.56. The van der Waals surface area contributed by atoms with Gasteiger partial charge in [0.05, 0.1) is 13.0 Å². The maximum atomic E-state index is 12.1. The van der Waals surface area contributed by atoms with Crippen molar-refractivity contribution in [1.82, 2.24) is 0 Å². The quantitative estimate of drug-likeness (QED) is 0.775. The first kappa shape index (κ1) is 15.3. The number of primary amides is 1. The number of benzene rings is 1. The molecule has 8 nitrogen and oxygen atoms in total. The number of amides is 3. The van der Waals surface area contributed by atoms with Crippen LogP contribution in [0.3, 0.4) is 0 Å². The van der Waals surface area contributed by atoms with Crippen LogP contribution in [0.5, 0.6) is 0 Å². The fraction of sp³-hybridized carbons (Fsp3) is 0.400. The molecule has 1 atom stereocenters. The highest BCUT2D eigenvalue weighted by Crippen LogP contribution is 2.33. The molecule has 1 fully saturated rings. The van der Waals surface area contributed by atoms with Crippen LogP contribution < -0.4 is 21.3 Å². The molecule has 0 bridgehead atoms. The Hall–Kier alpha value is -2.61. The van der Waals surface area contributed by atoms with E-state index in [1.165, 1.54) is 4.90 Å². The van der Waals surface area contributed by atoms with Crippen molar-refractivity contribution in [2.45, 2.75) is 18.9 Å². The summed E-state index contributed by atoms with van der Waals surface area (Å²) >= 11 is 0. The summed E-state index contributed by atoms with van der Waals surface area (Å²) < 4.78 is 4.93. The number of hydrogen-bond acceptors (Lipinski definition) is 5. The van der Waals surface area contributed by atoms with Gasteiger partial charge < -0.3 is 21.1 Å². The number of nitrogens with two attached hydrogens (primary N) is 2. The Morgan fingerprint density at radius 1 is 1.35 bits per heavy atom. The van der Waals surface area contributed by atoms with Gasteiger partial charge in [0.15, 0.2) is 6.10 Å². The minimum absolute atomic E-state index is 0.0182. The molecule has 0 spiro atoms. The van der Waals surface area contributed by atoms with Crippen molar-refractivity contribution in [3.63, 3.8) is 0 Å².